The van der Waals surface area contributed by atoms with Crippen LogP contribution < -0.4 is 5.73 Å². The van der Waals surface area contributed by atoms with Crippen molar-refractivity contribution in [3.05, 3.63) is 0 Å². The SMILES string of the molecule is Cl.NCC(=O)N1CCCC(C(F)(F)F)C1. The fraction of sp³-hybridized carbons (Fsp3) is 0.875. The molecule has 1 fully saturated rings. The number of hydrogen-bond acceptors (Lipinski definition) is 2. The molecule has 0 aromatic heterocycles. The maximum Gasteiger partial charge on any atom is 0.393 e. The Kier molecular flexibility index (Phi) is 5.37. The van der Waals surface area contributed by atoms with Crippen molar-refractivity contribution in [1.29, 1.82) is 0 Å². The highest BCUT2D eigenvalue weighted by Crippen LogP contribution is 2.32. The molecule has 1 unspecified atom stereocenters. The summed E-state index contributed by atoms with van der Waals surface area (Å²) in [6.07, 6.45) is -3.69. The van der Waals surface area contributed by atoms with Crippen molar-refractivity contribution in [1.82, 2.24) is 4.90 Å². The molecule has 1 aliphatic rings. The first kappa shape index (κ1) is 14.5. The molecule has 0 aromatic rings. The lowest BCUT2D eigenvalue weighted by molar-refractivity contribution is -0.187. The monoisotopic (exact) mass is 246 g/mol. The maximum absolute atomic E-state index is 12.3. The lowest BCUT2D eigenvalue weighted by Crippen LogP contribution is -2.46. The third-order valence-electron chi connectivity index (χ3n) is 2.41. The van der Waals surface area contributed by atoms with Gasteiger partial charge >= 0.3 is 6.18 Å². The van der Waals surface area contributed by atoms with E-state index in [1.807, 2.05) is 0 Å². The molecule has 0 aromatic carbocycles. The van der Waals surface area contributed by atoms with E-state index in [4.69, 9.17) is 5.73 Å². The molecule has 1 aliphatic heterocycles. The molecule has 1 rings (SSSR count). The van der Waals surface area contributed by atoms with Gasteiger partial charge in [-0.15, -0.1) is 12.4 Å². The molecule has 7 heteroatoms. The summed E-state index contributed by atoms with van der Waals surface area (Å²) in [5.74, 6) is -1.79. The summed E-state index contributed by atoms with van der Waals surface area (Å²) in [7, 11) is 0. The molecule has 1 atom stereocenters. The summed E-state index contributed by atoms with van der Waals surface area (Å²) >= 11 is 0. The van der Waals surface area contributed by atoms with Gasteiger partial charge in [0.05, 0.1) is 12.5 Å². The maximum atomic E-state index is 12.3. The number of halogens is 4. The molecule has 0 aliphatic carbocycles. The van der Waals surface area contributed by atoms with Crippen molar-refractivity contribution in [3.63, 3.8) is 0 Å². The van der Waals surface area contributed by atoms with Gasteiger partial charge in [-0.25, -0.2) is 0 Å². The van der Waals surface area contributed by atoms with Gasteiger partial charge in [0.2, 0.25) is 5.91 Å². The number of amides is 1. The van der Waals surface area contributed by atoms with Crippen LogP contribution in [0.2, 0.25) is 0 Å². The largest absolute Gasteiger partial charge is 0.393 e. The summed E-state index contributed by atoms with van der Waals surface area (Å²) in [4.78, 5) is 12.3. The highest BCUT2D eigenvalue weighted by atomic mass is 35.5. The number of likely N-dealkylation sites (tertiary alicyclic amines) is 1. The summed E-state index contributed by atoms with van der Waals surface area (Å²) < 4.78 is 36.9. The van der Waals surface area contributed by atoms with E-state index in [-0.39, 0.29) is 31.9 Å². The fourth-order valence-electron chi connectivity index (χ4n) is 1.60. The first-order valence-corrected chi connectivity index (χ1v) is 4.49. The van der Waals surface area contributed by atoms with Crippen molar-refractivity contribution in [2.75, 3.05) is 19.6 Å². The minimum atomic E-state index is -4.20. The Morgan fingerprint density at radius 2 is 2.07 bits per heavy atom. The van der Waals surface area contributed by atoms with E-state index in [1.165, 1.54) is 4.90 Å². The lowest BCUT2D eigenvalue weighted by atomic mass is 9.97. The molecule has 0 radical (unpaired) electrons. The minimum absolute atomic E-state index is 0. The van der Waals surface area contributed by atoms with Crippen LogP contribution in [0.15, 0.2) is 0 Å². The molecule has 0 bridgehead atoms. The molecule has 0 saturated carbocycles. The van der Waals surface area contributed by atoms with Crippen LogP contribution in [0.25, 0.3) is 0 Å². The zero-order valence-corrected chi connectivity index (χ0v) is 8.90. The molecule has 1 amide bonds. The molecule has 0 spiro atoms. The van der Waals surface area contributed by atoms with Gasteiger partial charge in [-0.3, -0.25) is 4.79 Å². The molecule has 2 N–H and O–H groups in total. The van der Waals surface area contributed by atoms with E-state index >= 15 is 0 Å². The summed E-state index contributed by atoms with van der Waals surface area (Å²) in [6.45, 7) is -0.0628. The Morgan fingerprint density at radius 1 is 1.47 bits per heavy atom. The Morgan fingerprint density at radius 3 is 2.53 bits per heavy atom. The van der Waals surface area contributed by atoms with Crippen LogP contribution in [-0.4, -0.2) is 36.6 Å². The van der Waals surface area contributed by atoms with Gasteiger partial charge in [0, 0.05) is 13.1 Å². The molecular formula is C8H14ClF3N2O. The summed E-state index contributed by atoms with van der Waals surface area (Å²) in [5.41, 5.74) is 5.08. The number of alkyl halides is 3. The van der Waals surface area contributed by atoms with Gasteiger partial charge in [0.15, 0.2) is 0 Å². The van der Waals surface area contributed by atoms with Crippen molar-refractivity contribution in [3.8, 4) is 0 Å². The zero-order chi connectivity index (χ0) is 10.8. The first-order valence-electron chi connectivity index (χ1n) is 4.49. The summed E-state index contributed by atoms with van der Waals surface area (Å²) in [6, 6.07) is 0. The van der Waals surface area contributed by atoms with Gasteiger partial charge in [0.25, 0.3) is 0 Å². The normalized spacial score (nSPS) is 22.1. The van der Waals surface area contributed by atoms with Gasteiger partial charge in [-0.05, 0) is 12.8 Å². The number of hydrogen-bond donors (Lipinski definition) is 1. The van der Waals surface area contributed by atoms with E-state index in [2.05, 4.69) is 0 Å². The third-order valence-corrected chi connectivity index (χ3v) is 2.41. The zero-order valence-electron chi connectivity index (χ0n) is 8.09. The minimum Gasteiger partial charge on any atom is -0.341 e. The lowest BCUT2D eigenvalue weighted by Gasteiger charge is -2.33. The molecule has 3 nitrogen and oxygen atoms in total. The van der Waals surface area contributed by atoms with Crippen LogP contribution in [0.4, 0.5) is 13.2 Å². The number of carbonyl (C=O) groups is 1. The molecule has 1 heterocycles. The highest BCUT2D eigenvalue weighted by Gasteiger charge is 2.42. The second kappa shape index (κ2) is 5.55. The van der Waals surface area contributed by atoms with Crippen LogP contribution in [0, 0.1) is 5.92 Å². The second-order valence-corrected chi connectivity index (χ2v) is 3.42. The standard InChI is InChI=1S/C8H13F3N2O.ClH/c9-8(10,11)6-2-1-3-13(5-6)7(14)4-12;/h6H,1-5,12H2;1H. The summed E-state index contributed by atoms with van der Waals surface area (Å²) in [5, 5.41) is 0. The Bertz CT molecular complexity index is 222. The van der Waals surface area contributed by atoms with E-state index < -0.39 is 18.0 Å². The molecule has 15 heavy (non-hydrogen) atoms. The molecular weight excluding hydrogens is 233 g/mol. The van der Waals surface area contributed by atoms with Crippen molar-refractivity contribution in [2.24, 2.45) is 11.7 Å². The first-order chi connectivity index (χ1) is 6.45. The number of nitrogens with zero attached hydrogens (tertiary/aromatic N) is 1. The average Bonchev–Trinajstić information content (AvgIpc) is 2.15. The van der Waals surface area contributed by atoms with Crippen LogP contribution in [-0.2, 0) is 4.79 Å². The Hall–Kier alpha value is -0.490. The van der Waals surface area contributed by atoms with E-state index in [9.17, 15) is 18.0 Å². The predicted octanol–water partition coefficient (Wildman–Crippen LogP) is 1.17. The molecule has 90 valence electrons. The second-order valence-electron chi connectivity index (χ2n) is 3.42. The average molecular weight is 247 g/mol. The number of carbonyl (C=O) groups excluding carboxylic acids is 1. The quantitative estimate of drug-likeness (QED) is 0.755. The van der Waals surface area contributed by atoms with Crippen LogP contribution >= 0.6 is 12.4 Å². The third kappa shape index (κ3) is 3.87. The van der Waals surface area contributed by atoms with E-state index in [0.29, 0.717) is 13.0 Å². The topological polar surface area (TPSA) is 46.3 Å². The van der Waals surface area contributed by atoms with E-state index in [0.717, 1.165) is 0 Å². The predicted molar refractivity (Wildman–Crippen MR) is 51.7 cm³/mol. The van der Waals surface area contributed by atoms with Crippen LogP contribution in [0.1, 0.15) is 12.8 Å². The Labute approximate surface area is 92.2 Å². The fourth-order valence-corrected chi connectivity index (χ4v) is 1.60. The van der Waals surface area contributed by atoms with Crippen molar-refractivity contribution in [2.45, 2.75) is 19.0 Å². The van der Waals surface area contributed by atoms with Crippen molar-refractivity contribution >= 4 is 18.3 Å². The number of piperidine rings is 1. The van der Waals surface area contributed by atoms with Gasteiger partial charge in [-0.2, -0.15) is 13.2 Å². The Balaban J connectivity index is 0.00000196. The number of nitrogens with two attached hydrogens (primary N) is 1. The van der Waals surface area contributed by atoms with Crippen LogP contribution in [0.3, 0.4) is 0 Å². The van der Waals surface area contributed by atoms with Crippen LogP contribution in [0.5, 0.6) is 0 Å². The van der Waals surface area contributed by atoms with E-state index in [1.54, 1.807) is 0 Å². The van der Waals surface area contributed by atoms with Crippen molar-refractivity contribution < 1.29 is 18.0 Å². The number of rotatable bonds is 1. The molecule has 1 saturated heterocycles. The van der Waals surface area contributed by atoms with Gasteiger partial charge in [0.1, 0.15) is 0 Å². The smallest absolute Gasteiger partial charge is 0.341 e. The van der Waals surface area contributed by atoms with Gasteiger partial charge in [-0.1, -0.05) is 0 Å². The van der Waals surface area contributed by atoms with Gasteiger partial charge < -0.3 is 10.6 Å². The highest BCUT2D eigenvalue weighted by molar-refractivity contribution is 5.85.